The minimum atomic E-state index is -0.485. The van der Waals surface area contributed by atoms with Gasteiger partial charge >= 0.3 is 0 Å². The molecule has 0 unspecified atom stereocenters. The maximum absolute atomic E-state index is 15.2. The number of hydrogen-bond donors (Lipinski definition) is 2. The summed E-state index contributed by atoms with van der Waals surface area (Å²) in [6, 6.07) is 9.01. The fourth-order valence-electron chi connectivity index (χ4n) is 4.48. The van der Waals surface area contributed by atoms with E-state index < -0.39 is 5.91 Å². The molecule has 1 amide bonds. The summed E-state index contributed by atoms with van der Waals surface area (Å²) in [6.07, 6.45) is 3.33. The van der Waals surface area contributed by atoms with Crippen molar-refractivity contribution in [1.82, 2.24) is 14.9 Å². The van der Waals surface area contributed by atoms with E-state index in [9.17, 15) is 4.79 Å². The van der Waals surface area contributed by atoms with E-state index in [1.807, 2.05) is 13.0 Å². The van der Waals surface area contributed by atoms with Gasteiger partial charge in [-0.1, -0.05) is 17.7 Å². The van der Waals surface area contributed by atoms with Crippen molar-refractivity contribution < 1.29 is 13.9 Å². The number of anilines is 4. The van der Waals surface area contributed by atoms with E-state index in [-0.39, 0.29) is 23.2 Å². The molecule has 196 valence electrons. The molecule has 3 aromatic rings. The molecule has 2 N–H and O–H groups in total. The number of carbonyl (C=O) groups is 1. The zero-order valence-corrected chi connectivity index (χ0v) is 23.5. The summed E-state index contributed by atoms with van der Waals surface area (Å²) in [7, 11) is 5.58. The zero-order valence-electron chi connectivity index (χ0n) is 21.1. The Morgan fingerprint density at radius 2 is 2.00 bits per heavy atom. The minimum Gasteiger partial charge on any atom is -0.480 e. The fraction of sp³-hybridized carbons (Fsp3) is 0.346. The summed E-state index contributed by atoms with van der Waals surface area (Å²) in [5, 5.41) is 6.14. The summed E-state index contributed by atoms with van der Waals surface area (Å²) in [6.45, 7) is 3.51. The zero-order chi connectivity index (χ0) is 26.7. The highest BCUT2D eigenvalue weighted by atomic mass is 79.9. The lowest BCUT2D eigenvalue weighted by atomic mass is 10.0. The van der Waals surface area contributed by atoms with Crippen LogP contribution in [0.5, 0.6) is 5.88 Å². The number of piperidine rings is 1. The molecule has 1 aliphatic rings. The number of halogens is 3. The molecule has 1 aliphatic heterocycles. The van der Waals surface area contributed by atoms with Gasteiger partial charge in [0.1, 0.15) is 11.4 Å². The lowest BCUT2D eigenvalue weighted by Crippen LogP contribution is -2.42. The first-order chi connectivity index (χ1) is 17.7. The summed E-state index contributed by atoms with van der Waals surface area (Å²) in [4.78, 5) is 25.8. The van der Waals surface area contributed by atoms with Gasteiger partial charge < -0.3 is 25.2 Å². The summed E-state index contributed by atoms with van der Waals surface area (Å²) in [5.74, 6) is -0.554. The monoisotopic (exact) mass is 590 g/mol. The highest BCUT2D eigenvalue weighted by Crippen LogP contribution is 2.33. The molecule has 37 heavy (non-hydrogen) atoms. The molecule has 0 radical (unpaired) electrons. The predicted molar refractivity (Wildman–Crippen MR) is 149 cm³/mol. The van der Waals surface area contributed by atoms with Gasteiger partial charge in [-0.05, 0) is 79.6 Å². The topological polar surface area (TPSA) is 82.6 Å². The van der Waals surface area contributed by atoms with Crippen LogP contribution in [0.3, 0.4) is 0 Å². The Bertz CT molecular complexity index is 1260. The predicted octanol–water partition coefficient (Wildman–Crippen LogP) is 5.87. The van der Waals surface area contributed by atoms with Gasteiger partial charge in [-0.15, -0.1) is 0 Å². The Morgan fingerprint density at radius 1 is 1.27 bits per heavy atom. The number of benzene rings is 2. The van der Waals surface area contributed by atoms with Crippen LogP contribution < -0.4 is 20.3 Å². The number of amides is 1. The van der Waals surface area contributed by atoms with Gasteiger partial charge in [0.25, 0.3) is 5.91 Å². The van der Waals surface area contributed by atoms with E-state index in [4.69, 9.17) is 16.3 Å². The number of hydrogen-bond acceptors (Lipinski definition) is 7. The molecule has 0 bridgehead atoms. The molecule has 8 nitrogen and oxygen atoms in total. The van der Waals surface area contributed by atoms with Crippen LogP contribution in [0.1, 0.15) is 28.8 Å². The first-order valence-electron chi connectivity index (χ1n) is 11.8. The van der Waals surface area contributed by atoms with Gasteiger partial charge in [0.2, 0.25) is 11.8 Å². The Morgan fingerprint density at radius 3 is 2.62 bits per heavy atom. The third kappa shape index (κ3) is 6.14. The minimum absolute atomic E-state index is 0.0655. The fourth-order valence-corrected chi connectivity index (χ4v) is 5.28. The molecule has 0 spiro atoms. The number of methoxy groups -OCH3 is 1. The molecule has 0 atom stereocenters. The van der Waals surface area contributed by atoms with Crippen molar-refractivity contribution in [3.05, 3.63) is 63.0 Å². The maximum Gasteiger partial charge on any atom is 0.262 e. The van der Waals surface area contributed by atoms with Crippen molar-refractivity contribution in [2.45, 2.75) is 25.8 Å². The van der Waals surface area contributed by atoms with Crippen molar-refractivity contribution >= 4 is 56.4 Å². The molecule has 2 aromatic carbocycles. The van der Waals surface area contributed by atoms with E-state index in [1.54, 1.807) is 18.2 Å². The molecule has 1 aromatic heterocycles. The molecular weight excluding hydrogens is 563 g/mol. The van der Waals surface area contributed by atoms with Crippen LogP contribution in [-0.4, -0.2) is 61.1 Å². The van der Waals surface area contributed by atoms with Crippen LogP contribution in [0.15, 0.2) is 41.0 Å². The largest absolute Gasteiger partial charge is 0.480 e. The molecule has 2 heterocycles. The molecule has 11 heteroatoms. The number of aryl methyl sites for hydroxylation is 1. The number of para-hydroxylation sites is 1. The van der Waals surface area contributed by atoms with Crippen LogP contribution in [0.25, 0.3) is 0 Å². The quantitative estimate of drug-likeness (QED) is 0.355. The van der Waals surface area contributed by atoms with E-state index >= 15 is 4.39 Å². The van der Waals surface area contributed by atoms with Crippen molar-refractivity contribution in [2.24, 2.45) is 0 Å². The average molecular weight is 592 g/mol. The standard InChI is InChI=1S/C26H29BrClFN6O2/c1-15-12-16(13-21(29)23(15)35-10-8-17(9-11-35)34(2)3)31-26-30-14-18(25(33-26)37-4)24(36)32-22-19(27)6-5-7-20(22)28/h5-7,12-14,17H,8-11H2,1-4H3,(H,32,36)(H,30,31,33). The van der Waals surface area contributed by atoms with E-state index in [2.05, 4.69) is 60.4 Å². The number of carbonyl (C=O) groups excluding carboxylic acids is 1. The Kier molecular flexibility index (Phi) is 8.51. The van der Waals surface area contributed by atoms with E-state index in [0.717, 1.165) is 31.5 Å². The number of nitrogens with zero attached hydrogens (tertiary/aromatic N) is 4. The van der Waals surface area contributed by atoms with Crippen molar-refractivity contribution in [1.29, 1.82) is 0 Å². The molecule has 1 saturated heterocycles. The molecule has 0 aliphatic carbocycles. The number of nitrogens with one attached hydrogen (secondary N) is 2. The molecular formula is C26H29BrClFN6O2. The van der Waals surface area contributed by atoms with Crippen LogP contribution in [-0.2, 0) is 0 Å². The highest BCUT2D eigenvalue weighted by molar-refractivity contribution is 9.10. The maximum atomic E-state index is 15.2. The number of aromatic nitrogens is 2. The van der Waals surface area contributed by atoms with Crippen LogP contribution in [0.2, 0.25) is 5.02 Å². The molecule has 4 rings (SSSR count). The third-order valence-electron chi connectivity index (χ3n) is 6.41. The van der Waals surface area contributed by atoms with Crippen molar-refractivity contribution in [3.8, 4) is 5.88 Å². The number of rotatable bonds is 7. The normalized spacial score (nSPS) is 14.1. The lowest BCUT2D eigenvalue weighted by Gasteiger charge is -2.37. The van der Waals surface area contributed by atoms with Gasteiger partial charge in [0.05, 0.1) is 23.5 Å². The SMILES string of the molecule is COc1nc(Nc2cc(C)c(N3CCC(N(C)C)CC3)c(F)c2)ncc1C(=O)Nc1c(Cl)cccc1Br. The average Bonchev–Trinajstić information content (AvgIpc) is 2.86. The van der Waals surface area contributed by atoms with Crippen LogP contribution in [0.4, 0.5) is 27.4 Å². The van der Waals surface area contributed by atoms with E-state index in [1.165, 1.54) is 19.4 Å². The van der Waals surface area contributed by atoms with E-state index in [0.29, 0.717) is 32.6 Å². The van der Waals surface area contributed by atoms with Gasteiger partial charge in [0.15, 0.2) is 0 Å². The molecule has 1 fully saturated rings. The Hall–Kier alpha value is -2.95. The summed E-state index contributed by atoms with van der Waals surface area (Å²) < 4.78 is 21.2. The summed E-state index contributed by atoms with van der Waals surface area (Å²) in [5.41, 5.74) is 2.49. The molecule has 0 saturated carbocycles. The van der Waals surface area contributed by atoms with Gasteiger partial charge in [-0.25, -0.2) is 9.37 Å². The third-order valence-corrected chi connectivity index (χ3v) is 7.39. The van der Waals surface area contributed by atoms with Gasteiger partial charge in [0, 0.05) is 35.5 Å². The first kappa shape index (κ1) is 27.1. The lowest BCUT2D eigenvalue weighted by molar-refractivity contribution is 0.102. The smallest absolute Gasteiger partial charge is 0.262 e. The highest BCUT2D eigenvalue weighted by Gasteiger charge is 2.24. The van der Waals surface area contributed by atoms with Crippen LogP contribution >= 0.6 is 27.5 Å². The second-order valence-electron chi connectivity index (χ2n) is 9.10. The Labute approximate surface area is 229 Å². The second kappa shape index (κ2) is 11.6. The summed E-state index contributed by atoms with van der Waals surface area (Å²) >= 11 is 9.58. The van der Waals surface area contributed by atoms with Crippen molar-refractivity contribution in [2.75, 3.05) is 49.8 Å². The van der Waals surface area contributed by atoms with Crippen LogP contribution in [0, 0.1) is 12.7 Å². The number of ether oxygens (including phenoxy) is 1. The van der Waals surface area contributed by atoms with Crippen molar-refractivity contribution in [3.63, 3.8) is 0 Å². The Balaban J connectivity index is 1.50. The first-order valence-corrected chi connectivity index (χ1v) is 13.0. The second-order valence-corrected chi connectivity index (χ2v) is 10.4. The van der Waals surface area contributed by atoms with Gasteiger partial charge in [-0.2, -0.15) is 4.98 Å². The van der Waals surface area contributed by atoms with Gasteiger partial charge in [-0.3, -0.25) is 4.79 Å².